The van der Waals surface area contributed by atoms with E-state index in [2.05, 4.69) is 24.4 Å². The minimum atomic E-state index is -0.649. The molecule has 2 N–H and O–H groups in total. The van der Waals surface area contributed by atoms with Crippen LogP contribution in [0.25, 0.3) is 0 Å². The average Bonchev–Trinajstić information content (AvgIpc) is 3.07. The van der Waals surface area contributed by atoms with Gasteiger partial charge >= 0.3 is 5.97 Å². The van der Waals surface area contributed by atoms with Crippen molar-refractivity contribution in [2.45, 2.75) is 45.3 Å². The number of hydrogen-bond donors (Lipinski definition) is 2. The average molecular weight is 344 g/mol. The van der Waals surface area contributed by atoms with Gasteiger partial charge in [-0.25, -0.2) is 0 Å². The first kappa shape index (κ1) is 17.6. The largest absolute Gasteiger partial charge is 0.463 e. The molecule has 25 heavy (non-hydrogen) atoms. The Morgan fingerprint density at radius 1 is 1.40 bits per heavy atom. The van der Waals surface area contributed by atoms with E-state index in [9.17, 15) is 9.59 Å². The molecule has 6 nitrogen and oxygen atoms in total. The SMILES string of the molecule is Cc1ccc2c(c1C1CCC(C(=O)OCCNC=N)C(=O)C1)COC2. The summed E-state index contributed by atoms with van der Waals surface area (Å²) in [7, 11) is 0. The fourth-order valence-corrected chi connectivity index (χ4v) is 3.86. The third-order valence-electron chi connectivity index (χ3n) is 5.10. The van der Waals surface area contributed by atoms with Crippen LogP contribution in [0.4, 0.5) is 0 Å². The van der Waals surface area contributed by atoms with Crippen LogP contribution in [0.2, 0.25) is 0 Å². The van der Waals surface area contributed by atoms with Crippen molar-refractivity contribution in [3.8, 4) is 0 Å². The Balaban J connectivity index is 1.65. The summed E-state index contributed by atoms with van der Waals surface area (Å²) in [6.45, 7) is 3.89. The monoisotopic (exact) mass is 344 g/mol. The normalized spacial score (nSPS) is 22.4. The molecule has 1 heterocycles. The van der Waals surface area contributed by atoms with Gasteiger partial charge in [0.15, 0.2) is 0 Å². The summed E-state index contributed by atoms with van der Waals surface area (Å²) >= 11 is 0. The number of aryl methyl sites for hydroxylation is 1. The van der Waals surface area contributed by atoms with Crippen molar-refractivity contribution >= 4 is 18.1 Å². The molecule has 3 rings (SSSR count). The molecular weight excluding hydrogens is 320 g/mol. The van der Waals surface area contributed by atoms with E-state index >= 15 is 0 Å². The van der Waals surface area contributed by atoms with Crippen LogP contribution in [0.15, 0.2) is 12.1 Å². The smallest absolute Gasteiger partial charge is 0.316 e. The van der Waals surface area contributed by atoms with Crippen LogP contribution in [0.1, 0.15) is 47.4 Å². The van der Waals surface area contributed by atoms with Crippen LogP contribution < -0.4 is 5.32 Å². The molecule has 2 atom stereocenters. The molecule has 2 unspecified atom stereocenters. The number of rotatable bonds is 6. The zero-order valence-electron chi connectivity index (χ0n) is 14.5. The van der Waals surface area contributed by atoms with Crippen LogP contribution >= 0.6 is 0 Å². The fourth-order valence-electron chi connectivity index (χ4n) is 3.86. The van der Waals surface area contributed by atoms with Crippen molar-refractivity contribution in [2.24, 2.45) is 5.92 Å². The lowest BCUT2D eigenvalue weighted by Gasteiger charge is -2.29. The highest BCUT2D eigenvalue weighted by Gasteiger charge is 2.36. The zero-order chi connectivity index (χ0) is 17.8. The van der Waals surface area contributed by atoms with Crippen LogP contribution in [-0.2, 0) is 32.3 Å². The van der Waals surface area contributed by atoms with E-state index in [4.69, 9.17) is 14.9 Å². The number of esters is 1. The summed E-state index contributed by atoms with van der Waals surface area (Å²) in [6.07, 6.45) is 2.77. The van der Waals surface area contributed by atoms with E-state index in [0.29, 0.717) is 32.6 Å². The maximum absolute atomic E-state index is 12.5. The van der Waals surface area contributed by atoms with Crippen LogP contribution in [0.3, 0.4) is 0 Å². The lowest BCUT2D eigenvalue weighted by Crippen LogP contribution is -2.33. The highest BCUT2D eigenvalue weighted by Crippen LogP contribution is 2.40. The summed E-state index contributed by atoms with van der Waals surface area (Å²) in [5, 5.41) is 9.49. The Hall–Kier alpha value is -2.21. The maximum Gasteiger partial charge on any atom is 0.316 e. The standard InChI is InChI=1S/C19H24N2O4/c1-12-2-3-14-9-24-10-16(14)18(12)13-4-5-15(17(22)8-13)19(23)25-7-6-21-11-20/h2-3,11,13,15H,4-10H2,1H3,(H2,20,21). The van der Waals surface area contributed by atoms with E-state index < -0.39 is 11.9 Å². The summed E-state index contributed by atoms with van der Waals surface area (Å²) in [5.41, 5.74) is 4.89. The summed E-state index contributed by atoms with van der Waals surface area (Å²) in [6, 6.07) is 4.21. The molecule has 6 heteroatoms. The first-order valence-electron chi connectivity index (χ1n) is 8.72. The molecule has 0 bridgehead atoms. The van der Waals surface area contributed by atoms with E-state index in [1.165, 1.54) is 22.3 Å². The molecule has 2 aliphatic rings. The number of fused-ring (bicyclic) bond motifs is 1. The number of carbonyl (C=O) groups excluding carboxylic acids is 2. The van der Waals surface area contributed by atoms with Crippen LogP contribution in [-0.4, -0.2) is 31.2 Å². The molecule has 0 radical (unpaired) electrons. The zero-order valence-corrected chi connectivity index (χ0v) is 14.5. The Morgan fingerprint density at radius 2 is 2.24 bits per heavy atom. The molecule has 1 aromatic carbocycles. The Labute approximate surface area is 147 Å². The number of Topliss-reactive ketones (excluding diaryl/α,β-unsaturated/α-hetero) is 1. The van der Waals surface area contributed by atoms with E-state index in [1.54, 1.807) is 0 Å². The highest BCUT2D eigenvalue weighted by molar-refractivity contribution is 5.99. The first-order chi connectivity index (χ1) is 12.1. The number of hydrogen-bond acceptors (Lipinski definition) is 5. The second-order valence-corrected chi connectivity index (χ2v) is 6.69. The van der Waals surface area contributed by atoms with Gasteiger partial charge in [-0.05, 0) is 47.9 Å². The second kappa shape index (κ2) is 7.78. The lowest BCUT2D eigenvalue weighted by atomic mass is 9.75. The lowest BCUT2D eigenvalue weighted by molar-refractivity contribution is -0.153. The minimum Gasteiger partial charge on any atom is -0.463 e. The van der Waals surface area contributed by atoms with Crippen LogP contribution in [0.5, 0.6) is 0 Å². The van der Waals surface area contributed by atoms with Gasteiger partial charge in [0, 0.05) is 13.0 Å². The third kappa shape index (κ3) is 3.74. The minimum absolute atomic E-state index is 0.0304. The Kier molecular flexibility index (Phi) is 5.48. The van der Waals surface area contributed by atoms with E-state index in [1.807, 2.05) is 0 Å². The van der Waals surface area contributed by atoms with Crippen molar-refractivity contribution < 1.29 is 19.1 Å². The van der Waals surface area contributed by atoms with Crippen molar-refractivity contribution in [1.29, 1.82) is 5.41 Å². The van der Waals surface area contributed by atoms with Gasteiger partial charge in [-0.2, -0.15) is 0 Å². The summed E-state index contributed by atoms with van der Waals surface area (Å²) < 4.78 is 10.7. The third-order valence-corrected chi connectivity index (χ3v) is 5.10. The highest BCUT2D eigenvalue weighted by atomic mass is 16.5. The second-order valence-electron chi connectivity index (χ2n) is 6.69. The molecule has 0 spiro atoms. The predicted molar refractivity (Wildman–Crippen MR) is 92.5 cm³/mol. The van der Waals surface area contributed by atoms with Gasteiger partial charge in [-0.15, -0.1) is 0 Å². The van der Waals surface area contributed by atoms with Gasteiger partial charge in [-0.1, -0.05) is 12.1 Å². The van der Waals surface area contributed by atoms with Crippen molar-refractivity contribution in [3.05, 3.63) is 34.4 Å². The number of carbonyl (C=O) groups is 2. The van der Waals surface area contributed by atoms with E-state index in [-0.39, 0.29) is 18.3 Å². The van der Waals surface area contributed by atoms with E-state index in [0.717, 1.165) is 12.8 Å². The molecule has 1 aromatic rings. The first-order valence-corrected chi connectivity index (χ1v) is 8.72. The number of ether oxygens (including phenoxy) is 2. The molecule has 0 amide bonds. The fraction of sp³-hybridized carbons (Fsp3) is 0.526. The van der Waals surface area contributed by atoms with Crippen molar-refractivity contribution in [1.82, 2.24) is 5.32 Å². The molecule has 1 aliphatic carbocycles. The molecular formula is C19H24N2O4. The summed E-state index contributed by atoms with van der Waals surface area (Å²) in [5.74, 6) is -0.955. The Morgan fingerprint density at radius 3 is 3.00 bits per heavy atom. The molecule has 0 aromatic heterocycles. The molecule has 1 fully saturated rings. The van der Waals surface area contributed by atoms with Gasteiger partial charge in [0.2, 0.25) is 0 Å². The quantitative estimate of drug-likeness (QED) is 0.272. The molecule has 0 saturated heterocycles. The van der Waals surface area contributed by atoms with Gasteiger partial charge in [-0.3, -0.25) is 15.0 Å². The van der Waals surface area contributed by atoms with Gasteiger partial charge in [0.1, 0.15) is 18.3 Å². The van der Waals surface area contributed by atoms with Gasteiger partial charge in [0.25, 0.3) is 0 Å². The number of nitrogens with one attached hydrogen (secondary N) is 2. The molecule has 1 saturated carbocycles. The maximum atomic E-state index is 12.5. The van der Waals surface area contributed by atoms with Crippen LogP contribution in [0, 0.1) is 18.3 Å². The molecule has 1 aliphatic heterocycles. The van der Waals surface area contributed by atoms with Gasteiger partial charge in [0.05, 0.1) is 19.6 Å². The predicted octanol–water partition coefficient (Wildman–Crippen LogP) is 2.22. The number of ketones is 1. The van der Waals surface area contributed by atoms with Crippen molar-refractivity contribution in [2.75, 3.05) is 13.2 Å². The van der Waals surface area contributed by atoms with Crippen molar-refractivity contribution in [3.63, 3.8) is 0 Å². The Bertz CT molecular complexity index is 686. The number of benzene rings is 1. The van der Waals surface area contributed by atoms with Gasteiger partial charge < -0.3 is 14.8 Å². The molecule has 134 valence electrons. The summed E-state index contributed by atoms with van der Waals surface area (Å²) in [4.78, 5) is 24.7. The topological polar surface area (TPSA) is 88.5 Å².